The van der Waals surface area contributed by atoms with E-state index in [1.165, 1.54) is 7.11 Å². The highest BCUT2D eigenvalue weighted by Gasteiger charge is 2.35. The average Bonchev–Trinajstić information content (AvgIpc) is 2.71. The maximum Gasteiger partial charge on any atom is 0.310 e. The molecule has 0 aromatic rings. The Hall–Kier alpha value is -1.10. The van der Waals surface area contributed by atoms with Crippen LogP contribution >= 0.6 is 0 Å². The Bertz CT molecular complexity index is 300. The minimum Gasteiger partial charge on any atom is -0.469 e. The molecule has 2 heterocycles. The predicted molar refractivity (Wildman–Crippen MR) is 62.3 cm³/mol. The molecule has 5 heteroatoms. The smallest absolute Gasteiger partial charge is 0.310 e. The van der Waals surface area contributed by atoms with Crippen LogP contribution in [0.2, 0.25) is 0 Å². The van der Waals surface area contributed by atoms with Gasteiger partial charge in [-0.25, -0.2) is 0 Å². The molecule has 2 aliphatic heterocycles. The van der Waals surface area contributed by atoms with Gasteiger partial charge in [-0.05, 0) is 31.8 Å². The van der Waals surface area contributed by atoms with Gasteiger partial charge >= 0.3 is 5.97 Å². The molecule has 2 saturated heterocycles. The summed E-state index contributed by atoms with van der Waals surface area (Å²) in [5, 5.41) is 3.31. The Morgan fingerprint density at radius 3 is 2.82 bits per heavy atom. The third kappa shape index (κ3) is 2.97. The number of nitrogens with zero attached hydrogens (tertiary/aromatic N) is 1. The van der Waals surface area contributed by atoms with E-state index in [0.717, 1.165) is 32.5 Å². The molecule has 0 saturated carbocycles. The van der Waals surface area contributed by atoms with Crippen LogP contribution in [0.25, 0.3) is 0 Å². The number of nitrogens with one attached hydrogen (secondary N) is 1. The highest BCUT2D eigenvalue weighted by molar-refractivity contribution is 5.86. The molecule has 5 nitrogen and oxygen atoms in total. The Balaban J connectivity index is 1.85. The first-order valence-corrected chi connectivity index (χ1v) is 6.27. The fourth-order valence-electron chi connectivity index (χ4n) is 2.65. The standard InChI is InChI=1S/C12H20N2O3/c1-17-12(16)10-6-11(15)14(8-10)7-9-2-4-13-5-3-9/h9-10,13H,2-8H2,1H3. The lowest BCUT2D eigenvalue weighted by atomic mass is 9.98. The van der Waals surface area contributed by atoms with Crippen molar-refractivity contribution in [3.63, 3.8) is 0 Å². The van der Waals surface area contributed by atoms with Crippen LogP contribution in [-0.4, -0.2) is 50.1 Å². The lowest BCUT2D eigenvalue weighted by molar-refractivity contribution is -0.145. The first kappa shape index (κ1) is 12.4. The third-order valence-corrected chi connectivity index (χ3v) is 3.69. The summed E-state index contributed by atoms with van der Waals surface area (Å²) >= 11 is 0. The second-order valence-electron chi connectivity index (χ2n) is 4.92. The van der Waals surface area contributed by atoms with E-state index in [2.05, 4.69) is 5.32 Å². The number of esters is 1. The summed E-state index contributed by atoms with van der Waals surface area (Å²) in [5.74, 6) is 0.163. The zero-order valence-corrected chi connectivity index (χ0v) is 10.3. The number of hydrogen-bond donors (Lipinski definition) is 1. The molecule has 96 valence electrons. The molecule has 2 aliphatic rings. The molecule has 2 fully saturated rings. The van der Waals surface area contributed by atoms with E-state index in [4.69, 9.17) is 4.74 Å². The monoisotopic (exact) mass is 240 g/mol. The SMILES string of the molecule is COC(=O)C1CC(=O)N(CC2CCNCC2)C1. The first-order chi connectivity index (χ1) is 8.20. The summed E-state index contributed by atoms with van der Waals surface area (Å²) in [6.45, 7) is 3.41. The molecule has 1 amide bonds. The number of piperidine rings is 1. The maximum atomic E-state index is 11.8. The normalized spacial score (nSPS) is 26.3. The number of ether oxygens (including phenoxy) is 1. The number of hydrogen-bond acceptors (Lipinski definition) is 4. The largest absolute Gasteiger partial charge is 0.469 e. The van der Waals surface area contributed by atoms with Crippen LogP contribution in [-0.2, 0) is 14.3 Å². The molecule has 2 rings (SSSR count). The molecule has 0 aromatic carbocycles. The van der Waals surface area contributed by atoms with E-state index in [1.807, 2.05) is 4.90 Å². The Kier molecular flexibility index (Phi) is 3.99. The Labute approximate surface area is 101 Å². The predicted octanol–water partition coefficient (Wildman–Crippen LogP) is 0.00750. The number of carbonyl (C=O) groups is 2. The minimum absolute atomic E-state index is 0.0962. The van der Waals surface area contributed by atoms with Gasteiger partial charge in [-0.1, -0.05) is 0 Å². The van der Waals surface area contributed by atoms with Gasteiger partial charge in [-0.3, -0.25) is 9.59 Å². The summed E-state index contributed by atoms with van der Waals surface area (Å²) in [6, 6.07) is 0. The molecule has 17 heavy (non-hydrogen) atoms. The molecular formula is C12H20N2O3. The van der Waals surface area contributed by atoms with E-state index >= 15 is 0 Å². The van der Waals surface area contributed by atoms with Crippen LogP contribution in [0.15, 0.2) is 0 Å². The molecule has 0 aromatic heterocycles. The van der Waals surface area contributed by atoms with Crippen molar-refractivity contribution in [2.75, 3.05) is 33.3 Å². The number of carbonyl (C=O) groups excluding carboxylic acids is 2. The van der Waals surface area contributed by atoms with E-state index in [9.17, 15) is 9.59 Å². The van der Waals surface area contributed by atoms with E-state index in [-0.39, 0.29) is 17.8 Å². The zero-order valence-electron chi connectivity index (χ0n) is 10.3. The van der Waals surface area contributed by atoms with Gasteiger partial charge in [0.2, 0.25) is 5.91 Å². The van der Waals surface area contributed by atoms with Crippen molar-refractivity contribution < 1.29 is 14.3 Å². The zero-order chi connectivity index (χ0) is 12.3. The van der Waals surface area contributed by atoms with Crippen molar-refractivity contribution in [3.05, 3.63) is 0 Å². The van der Waals surface area contributed by atoms with Gasteiger partial charge < -0.3 is 15.0 Å². The van der Waals surface area contributed by atoms with E-state index in [1.54, 1.807) is 0 Å². The minimum atomic E-state index is -0.258. The van der Waals surface area contributed by atoms with E-state index < -0.39 is 0 Å². The fraction of sp³-hybridized carbons (Fsp3) is 0.833. The van der Waals surface area contributed by atoms with Crippen LogP contribution in [0.1, 0.15) is 19.3 Å². The highest BCUT2D eigenvalue weighted by atomic mass is 16.5. The molecular weight excluding hydrogens is 220 g/mol. The van der Waals surface area contributed by atoms with Crippen molar-refractivity contribution in [3.8, 4) is 0 Å². The maximum absolute atomic E-state index is 11.8. The molecule has 0 bridgehead atoms. The van der Waals surface area contributed by atoms with Gasteiger partial charge in [-0.2, -0.15) is 0 Å². The lowest BCUT2D eigenvalue weighted by Crippen LogP contribution is -2.37. The second kappa shape index (κ2) is 5.49. The number of likely N-dealkylation sites (tertiary alicyclic amines) is 1. The van der Waals surface area contributed by atoms with Crippen LogP contribution in [0.4, 0.5) is 0 Å². The van der Waals surface area contributed by atoms with Gasteiger partial charge in [0.05, 0.1) is 13.0 Å². The summed E-state index contributed by atoms with van der Waals surface area (Å²) in [6.07, 6.45) is 2.55. The van der Waals surface area contributed by atoms with Gasteiger partial charge in [-0.15, -0.1) is 0 Å². The summed E-state index contributed by atoms with van der Waals surface area (Å²) in [4.78, 5) is 25.0. The van der Waals surface area contributed by atoms with Crippen LogP contribution in [0, 0.1) is 11.8 Å². The van der Waals surface area contributed by atoms with Crippen molar-refractivity contribution in [2.45, 2.75) is 19.3 Å². The van der Waals surface area contributed by atoms with Crippen molar-refractivity contribution >= 4 is 11.9 Å². The summed E-state index contributed by atoms with van der Waals surface area (Å²) in [5.41, 5.74) is 0. The van der Waals surface area contributed by atoms with Crippen molar-refractivity contribution in [2.24, 2.45) is 11.8 Å². The number of methoxy groups -OCH3 is 1. The summed E-state index contributed by atoms with van der Waals surface area (Å²) in [7, 11) is 1.38. The molecule has 1 atom stereocenters. The van der Waals surface area contributed by atoms with Crippen LogP contribution in [0.5, 0.6) is 0 Å². The van der Waals surface area contributed by atoms with Gasteiger partial charge in [0.25, 0.3) is 0 Å². The quantitative estimate of drug-likeness (QED) is 0.706. The van der Waals surface area contributed by atoms with Gasteiger partial charge in [0.1, 0.15) is 0 Å². The van der Waals surface area contributed by atoms with Crippen LogP contribution in [0.3, 0.4) is 0 Å². The van der Waals surface area contributed by atoms with Gasteiger partial charge in [0.15, 0.2) is 0 Å². The molecule has 0 radical (unpaired) electrons. The van der Waals surface area contributed by atoms with Crippen molar-refractivity contribution in [1.29, 1.82) is 0 Å². The molecule has 0 spiro atoms. The second-order valence-corrected chi connectivity index (χ2v) is 4.92. The Morgan fingerprint density at radius 2 is 2.18 bits per heavy atom. The lowest BCUT2D eigenvalue weighted by Gasteiger charge is -2.27. The van der Waals surface area contributed by atoms with E-state index in [0.29, 0.717) is 18.9 Å². The fourth-order valence-corrected chi connectivity index (χ4v) is 2.65. The Morgan fingerprint density at radius 1 is 1.47 bits per heavy atom. The summed E-state index contributed by atoms with van der Waals surface area (Å²) < 4.78 is 4.69. The molecule has 0 aliphatic carbocycles. The number of amides is 1. The highest BCUT2D eigenvalue weighted by Crippen LogP contribution is 2.22. The third-order valence-electron chi connectivity index (χ3n) is 3.69. The van der Waals surface area contributed by atoms with Gasteiger partial charge in [0, 0.05) is 19.5 Å². The first-order valence-electron chi connectivity index (χ1n) is 6.27. The average molecular weight is 240 g/mol. The topological polar surface area (TPSA) is 58.6 Å². The molecule has 1 N–H and O–H groups in total. The molecule has 1 unspecified atom stereocenters. The van der Waals surface area contributed by atoms with Crippen molar-refractivity contribution in [1.82, 2.24) is 10.2 Å². The number of rotatable bonds is 3. The van der Waals surface area contributed by atoms with Crippen LogP contribution < -0.4 is 5.32 Å².